The summed E-state index contributed by atoms with van der Waals surface area (Å²) in [6.07, 6.45) is 3.92. The summed E-state index contributed by atoms with van der Waals surface area (Å²) in [5.74, 6) is -0.980. The lowest BCUT2D eigenvalue weighted by atomic mass is 10.5. The van der Waals surface area contributed by atoms with Crippen LogP contribution in [0.2, 0.25) is 0 Å². The summed E-state index contributed by atoms with van der Waals surface area (Å²) in [4.78, 5) is 9.80. The standard InChI is InChI=1S/C6H10O3.C3H8O/c1-2-4-9-5-3-6(7)8;1-2-3-4/h3,5H,2,4H2,1H3,(H,7,8);4H,2-3H2,1H3. The summed E-state index contributed by atoms with van der Waals surface area (Å²) in [7, 11) is 0. The van der Waals surface area contributed by atoms with Gasteiger partial charge >= 0.3 is 5.97 Å². The van der Waals surface area contributed by atoms with Crippen molar-refractivity contribution in [2.45, 2.75) is 26.7 Å². The van der Waals surface area contributed by atoms with E-state index in [0.29, 0.717) is 13.2 Å². The first-order valence-electron chi connectivity index (χ1n) is 4.30. The molecule has 0 aromatic heterocycles. The highest BCUT2D eigenvalue weighted by Gasteiger charge is 1.82. The van der Waals surface area contributed by atoms with E-state index in [9.17, 15) is 4.79 Å². The first kappa shape index (κ1) is 14.5. The SMILES string of the molecule is CCCO.CCCOC=CC(=O)O. The molecule has 0 spiro atoms. The third-order valence-electron chi connectivity index (χ3n) is 0.852. The highest BCUT2D eigenvalue weighted by molar-refractivity contribution is 5.79. The molecule has 4 heteroatoms. The molecule has 0 radical (unpaired) electrons. The zero-order valence-electron chi connectivity index (χ0n) is 8.19. The Kier molecular flexibility index (Phi) is 15.1. The number of ether oxygens (including phenoxy) is 1. The monoisotopic (exact) mass is 190 g/mol. The number of aliphatic hydroxyl groups excluding tert-OH is 1. The molecule has 0 unspecified atom stereocenters. The van der Waals surface area contributed by atoms with Gasteiger partial charge in [0.1, 0.15) is 0 Å². The van der Waals surface area contributed by atoms with Crippen molar-refractivity contribution in [3.63, 3.8) is 0 Å². The molecule has 0 aliphatic carbocycles. The first-order valence-corrected chi connectivity index (χ1v) is 4.30. The quantitative estimate of drug-likeness (QED) is 0.390. The Morgan fingerprint density at radius 3 is 2.23 bits per heavy atom. The largest absolute Gasteiger partial charge is 0.501 e. The minimum absolute atomic E-state index is 0.319. The van der Waals surface area contributed by atoms with Crippen molar-refractivity contribution in [3.05, 3.63) is 12.3 Å². The van der Waals surface area contributed by atoms with Gasteiger partial charge in [0.2, 0.25) is 0 Å². The average Bonchev–Trinajstić information content (AvgIpc) is 2.13. The zero-order chi connectivity index (χ0) is 10.5. The number of carboxylic acid groups (broad SMARTS) is 1. The number of aliphatic carboxylic acids is 1. The number of hydrogen-bond donors (Lipinski definition) is 2. The van der Waals surface area contributed by atoms with Gasteiger partial charge in [-0.3, -0.25) is 0 Å². The number of carbonyl (C=O) groups is 1. The number of hydrogen-bond acceptors (Lipinski definition) is 3. The van der Waals surface area contributed by atoms with Crippen molar-refractivity contribution in [3.8, 4) is 0 Å². The van der Waals surface area contributed by atoms with Crippen LogP contribution in [-0.2, 0) is 9.53 Å². The topological polar surface area (TPSA) is 66.8 Å². The van der Waals surface area contributed by atoms with Gasteiger partial charge in [-0.2, -0.15) is 0 Å². The van der Waals surface area contributed by atoms with Crippen molar-refractivity contribution in [1.82, 2.24) is 0 Å². The smallest absolute Gasteiger partial charge is 0.331 e. The summed E-state index contributed by atoms with van der Waals surface area (Å²) >= 11 is 0. The van der Waals surface area contributed by atoms with Crippen LogP contribution in [0.4, 0.5) is 0 Å². The Hall–Kier alpha value is -1.03. The van der Waals surface area contributed by atoms with Crippen LogP contribution in [0.5, 0.6) is 0 Å². The summed E-state index contributed by atoms with van der Waals surface area (Å²) in [5.41, 5.74) is 0. The second kappa shape index (κ2) is 13.6. The molecule has 0 aliphatic rings. The molecule has 0 fully saturated rings. The molecule has 0 heterocycles. The summed E-state index contributed by atoms with van der Waals surface area (Å²) < 4.78 is 4.73. The summed E-state index contributed by atoms with van der Waals surface area (Å²) in [5, 5.41) is 15.9. The van der Waals surface area contributed by atoms with E-state index in [1.54, 1.807) is 0 Å². The normalized spacial score (nSPS) is 9.15. The molecular formula is C9H18O4. The van der Waals surface area contributed by atoms with Gasteiger partial charge in [-0.1, -0.05) is 13.8 Å². The van der Waals surface area contributed by atoms with Crippen LogP contribution in [-0.4, -0.2) is 29.4 Å². The van der Waals surface area contributed by atoms with Gasteiger partial charge in [-0.15, -0.1) is 0 Å². The molecule has 4 nitrogen and oxygen atoms in total. The van der Waals surface area contributed by atoms with Crippen molar-refractivity contribution >= 4 is 5.97 Å². The van der Waals surface area contributed by atoms with E-state index >= 15 is 0 Å². The summed E-state index contributed by atoms with van der Waals surface area (Å²) in [6.45, 7) is 4.78. The molecule has 0 bridgehead atoms. The third kappa shape index (κ3) is 24.8. The molecule has 2 N–H and O–H groups in total. The molecular weight excluding hydrogens is 172 g/mol. The maximum absolute atomic E-state index is 9.80. The second-order valence-corrected chi connectivity index (χ2v) is 2.24. The van der Waals surface area contributed by atoms with E-state index in [2.05, 4.69) is 0 Å². The van der Waals surface area contributed by atoms with E-state index in [1.165, 1.54) is 6.26 Å². The lowest BCUT2D eigenvalue weighted by Crippen LogP contribution is -1.88. The van der Waals surface area contributed by atoms with Gasteiger partial charge in [0.15, 0.2) is 0 Å². The van der Waals surface area contributed by atoms with E-state index < -0.39 is 5.97 Å². The van der Waals surface area contributed by atoms with E-state index in [4.69, 9.17) is 14.9 Å². The molecule has 0 aromatic carbocycles. The molecule has 0 saturated carbocycles. The number of carboxylic acids is 1. The van der Waals surface area contributed by atoms with Gasteiger partial charge in [0.05, 0.1) is 18.9 Å². The van der Waals surface area contributed by atoms with E-state index in [0.717, 1.165) is 18.9 Å². The second-order valence-electron chi connectivity index (χ2n) is 2.24. The minimum atomic E-state index is -0.980. The molecule has 0 atom stereocenters. The fourth-order valence-electron chi connectivity index (χ4n) is 0.292. The predicted molar refractivity (Wildman–Crippen MR) is 50.4 cm³/mol. The fraction of sp³-hybridized carbons (Fsp3) is 0.667. The highest BCUT2D eigenvalue weighted by Crippen LogP contribution is 1.80. The number of aliphatic hydroxyl groups is 1. The lowest BCUT2D eigenvalue weighted by molar-refractivity contribution is -0.131. The number of rotatable bonds is 5. The molecule has 0 saturated heterocycles. The Morgan fingerprint density at radius 1 is 1.38 bits per heavy atom. The maximum Gasteiger partial charge on any atom is 0.331 e. The molecule has 13 heavy (non-hydrogen) atoms. The van der Waals surface area contributed by atoms with Crippen LogP contribution >= 0.6 is 0 Å². The van der Waals surface area contributed by atoms with Crippen LogP contribution in [0.25, 0.3) is 0 Å². The Bertz CT molecular complexity index is 130. The molecule has 0 amide bonds. The molecule has 0 rings (SSSR count). The maximum atomic E-state index is 9.80. The average molecular weight is 190 g/mol. The molecule has 78 valence electrons. The Labute approximate surface area is 78.8 Å². The van der Waals surface area contributed by atoms with Gasteiger partial charge in [-0.05, 0) is 12.8 Å². The molecule has 0 aliphatic heterocycles. The Morgan fingerprint density at radius 2 is 1.92 bits per heavy atom. The fourth-order valence-corrected chi connectivity index (χ4v) is 0.292. The third-order valence-corrected chi connectivity index (χ3v) is 0.852. The Balaban J connectivity index is 0. The van der Waals surface area contributed by atoms with Crippen LogP contribution < -0.4 is 0 Å². The van der Waals surface area contributed by atoms with Crippen LogP contribution in [0.1, 0.15) is 26.7 Å². The molecule has 0 aromatic rings. The van der Waals surface area contributed by atoms with Crippen molar-refractivity contribution < 1.29 is 19.7 Å². The highest BCUT2D eigenvalue weighted by atomic mass is 16.5. The summed E-state index contributed by atoms with van der Waals surface area (Å²) in [6, 6.07) is 0. The van der Waals surface area contributed by atoms with Gasteiger partial charge in [0, 0.05) is 6.61 Å². The van der Waals surface area contributed by atoms with Crippen LogP contribution in [0.15, 0.2) is 12.3 Å². The minimum Gasteiger partial charge on any atom is -0.501 e. The zero-order valence-corrected chi connectivity index (χ0v) is 8.19. The van der Waals surface area contributed by atoms with Gasteiger partial charge in [0.25, 0.3) is 0 Å². The van der Waals surface area contributed by atoms with Crippen molar-refractivity contribution in [2.24, 2.45) is 0 Å². The predicted octanol–water partition coefficient (Wildman–Crippen LogP) is 1.40. The van der Waals surface area contributed by atoms with Crippen LogP contribution in [0.3, 0.4) is 0 Å². The van der Waals surface area contributed by atoms with Crippen molar-refractivity contribution in [1.29, 1.82) is 0 Å². The van der Waals surface area contributed by atoms with Crippen LogP contribution in [0, 0.1) is 0 Å². The lowest BCUT2D eigenvalue weighted by Gasteiger charge is -1.92. The van der Waals surface area contributed by atoms with Gasteiger partial charge < -0.3 is 14.9 Å². The van der Waals surface area contributed by atoms with Crippen molar-refractivity contribution in [2.75, 3.05) is 13.2 Å². The first-order chi connectivity index (χ1) is 6.18. The van der Waals surface area contributed by atoms with E-state index in [-0.39, 0.29) is 0 Å². The van der Waals surface area contributed by atoms with E-state index in [1.807, 2.05) is 13.8 Å². The van der Waals surface area contributed by atoms with Gasteiger partial charge in [-0.25, -0.2) is 4.79 Å².